The van der Waals surface area contributed by atoms with E-state index in [4.69, 9.17) is 37.4 Å². The Balaban J connectivity index is 2.12. The fourth-order valence-electron chi connectivity index (χ4n) is 2.98. The van der Waals surface area contributed by atoms with Crippen LogP contribution >= 0.6 is 23.2 Å². The second-order valence-electron chi connectivity index (χ2n) is 6.09. The molecule has 1 aliphatic heterocycles. The Bertz CT molecular complexity index is 641. The molecule has 0 bridgehead atoms. The molecule has 0 N–H and O–H groups in total. The molecule has 1 aliphatic rings. The quantitative estimate of drug-likeness (QED) is 0.591. The summed E-state index contributed by atoms with van der Waals surface area (Å²) in [5.74, 6) is -1.89. The molecule has 0 saturated carbocycles. The summed E-state index contributed by atoms with van der Waals surface area (Å²) >= 11 is 12.1. The summed E-state index contributed by atoms with van der Waals surface area (Å²) in [5, 5.41) is 10.4. The molecule has 1 aromatic carbocycles. The Kier molecular flexibility index (Phi) is 8.67. The highest BCUT2D eigenvalue weighted by molar-refractivity contribution is 6.42. The highest BCUT2D eigenvalue weighted by Gasteiger charge is 2.31. The van der Waals surface area contributed by atoms with E-state index >= 15 is 0 Å². The fourth-order valence-corrected chi connectivity index (χ4v) is 3.28. The van der Waals surface area contributed by atoms with Gasteiger partial charge in [-0.1, -0.05) is 29.3 Å². The number of carbonyl (C=O) groups excluding carboxylic acids is 1. The molecule has 5 nitrogen and oxygen atoms in total. The van der Waals surface area contributed by atoms with Crippen LogP contribution in [0.25, 0.3) is 0 Å². The van der Waals surface area contributed by atoms with Crippen molar-refractivity contribution in [1.29, 1.82) is 5.26 Å². The number of hydrogen-bond donors (Lipinski definition) is 0. The lowest BCUT2D eigenvalue weighted by atomic mass is 9.84. The van der Waals surface area contributed by atoms with Crippen molar-refractivity contribution in [3.05, 3.63) is 33.8 Å². The van der Waals surface area contributed by atoms with Crippen LogP contribution in [0, 0.1) is 17.2 Å². The van der Waals surface area contributed by atoms with Crippen molar-refractivity contribution in [2.45, 2.75) is 44.8 Å². The normalized spacial score (nSPS) is 19.4. The van der Waals surface area contributed by atoms with Crippen LogP contribution in [0.15, 0.2) is 18.2 Å². The van der Waals surface area contributed by atoms with E-state index in [1.807, 2.05) is 0 Å². The predicted octanol–water partition coefficient (Wildman–Crippen LogP) is 4.71. The van der Waals surface area contributed by atoms with Crippen LogP contribution in [0.3, 0.4) is 0 Å². The third-order valence-electron chi connectivity index (χ3n) is 4.32. The topological polar surface area (TPSA) is 68.6 Å². The summed E-state index contributed by atoms with van der Waals surface area (Å²) in [6.45, 7) is 3.00. The fraction of sp³-hybridized carbons (Fsp3) is 0.579. The number of halogens is 2. The highest BCUT2D eigenvalue weighted by Crippen LogP contribution is 2.33. The number of nitriles is 1. The van der Waals surface area contributed by atoms with Crippen molar-refractivity contribution in [3.63, 3.8) is 0 Å². The van der Waals surface area contributed by atoms with Gasteiger partial charge in [0.15, 0.2) is 12.2 Å². The third kappa shape index (κ3) is 5.85. The Hall–Kier alpha value is -1.32. The number of ether oxygens (including phenoxy) is 3. The lowest BCUT2D eigenvalue weighted by Gasteiger charge is -2.25. The Morgan fingerprint density at radius 3 is 2.81 bits per heavy atom. The van der Waals surface area contributed by atoms with Crippen LogP contribution in [0.1, 0.15) is 44.1 Å². The predicted molar refractivity (Wildman–Crippen MR) is 99.1 cm³/mol. The monoisotopic (exact) mass is 399 g/mol. The van der Waals surface area contributed by atoms with Crippen LogP contribution in [-0.2, 0) is 19.0 Å². The Morgan fingerprint density at radius 1 is 1.38 bits per heavy atom. The van der Waals surface area contributed by atoms with Crippen molar-refractivity contribution in [1.82, 2.24) is 0 Å². The van der Waals surface area contributed by atoms with Crippen molar-refractivity contribution >= 4 is 29.2 Å². The molecular formula is C19H23Cl2NO4. The van der Waals surface area contributed by atoms with Crippen LogP contribution in [0.4, 0.5) is 0 Å². The molecule has 3 atom stereocenters. The lowest BCUT2D eigenvalue weighted by molar-refractivity contribution is -0.164. The molecule has 1 heterocycles. The van der Waals surface area contributed by atoms with Gasteiger partial charge in [0.1, 0.15) is 0 Å². The smallest absolute Gasteiger partial charge is 0.323 e. The van der Waals surface area contributed by atoms with Gasteiger partial charge >= 0.3 is 5.97 Å². The molecule has 3 unspecified atom stereocenters. The van der Waals surface area contributed by atoms with Gasteiger partial charge < -0.3 is 14.2 Å². The van der Waals surface area contributed by atoms with Crippen LogP contribution in [0.5, 0.6) is 0 Å². The van der Waals surface area contributed by atoms with E-state index < -0.39 is 17.8 Å². The summed E-state index contributed by atoms with van der Waals surface area (Å²) in [4.78, 5) is 12.2. The van der Waals surface area contributed by atoms with Crippen LogP contribution < -0.4 is 0 Å². The molecule has 0 aliphatic carbocycles. The Labute approximate surface area is 164 Å². The summed E-state index contributed by atoms with van der Waals surface area (Å²) in [7, 11) is 0. The molecule has 2 rings (SSSR count). The molecule has 0 amide bonds. The van der Waals surface area contributed by atoms with Crippen molar-refractivity contribution in [2.75, 3.05) is 19.8 Å². The van der Waals surface area contributed by atoms with Gasteiger partial charge in [0.05, 0.1) is 29.3 Å². The number of rotatable bonds is 8. The summed E-state index contributed by atoms with van der Waals surface area (Å²) < 4.78 is 16.4. The average Bonchev–Trinajstić information content (AvgIpc) is 2.64. The van der Waals surface area contributed by atoms with Gasteiger partial charge in [-0.3, -0.25) is 4.79 Å². The lowest BCUT2D eigenvalue weighted by Crippen LogP contribution is -2.27. The van der Waals surface area contributed by atoms with Gasteiger partial charge in [-0.05, 0) is 50.3 Å². The number of carbonyl (C=O) groups is 1. The molecule has 26 heavy (non-hydrogen) atoms. The molecule has 0 aromatic heterocycles. The number of benzene rings is 1. The number of hydrogen-bond acceptors (Lipinski definition) is 5. The molecule has 1 fully saturated rings. The Morgan fingerprint density at radius 2 is 2.19 bits per heavy atom. The minimum Gasteiger partial charge on any atom is -0.465 e. The minimum atomic E-state index is -0.942. The van der Waals surface area contributed by atoms with Gasteiger partial charge in [-0.25, -0.2) is 0 Å². The zero-order chi connectivity index (χ0) is 18.9. The molecule has 1 saturated heterocycles. The first-order valence-electron chi connectivity index (χ1n) is 8.81. The second kappa shape index (κ2) is 10.7. The average molecular weight is 400 g/mol. The van der Waals surface area contributed by atoms with Crippen LogP contribution in [-0.4, -0.2) is 32.1 Å². The van der Waals surface area contributed by atoms with Gasteiger partial charge in [-0.2, -0.15) is 5.26 Å². The molecule has 142 valence electrons. The maximum atomic E-state index is 12.2. The van der Waals surface area contributed by atoms with Gasteiger partial charge in [0, 0.05) is 12.5 Å². The standard InChI is InChI=1S/C19H23Cl2NO4/c1-2-24-19(23)15(12-22)14(13-6-7-16(20)17(21)11-13)8-10-26-18-5-3-4-9-25-18/h6-7,11,14-15,18H,2-5,8-10H2,1H3. The largest absolute Gasteiger partial charge is 0.465 e. The van der Waals surface area contributed by atoms with E-state index in [1.165, 1.54) is 0 Å². The van der Waals surface area contributed by atoms with Crippen LogP contribution in [0.2, 0.25) is 10.0 Å². The first-order valence-corrected chi connectivity index (χ1v) is 9.56. The van der Waals surface area contributed by atoms with E-state index in [-0.39, 0.29) is 12.9 Å². The molecule has 0 radical (unpaired) electrons. The second-order valence-corrected chi connectivity index (χ2v) is 6.91. The van der Waals surface area contributed by atoms with Gasteiger partial charge in [-0.15, -0.1) is 0 Å². The zero-order valence-electron chi connectivity index (χ0n) is 14.7. The third-order valence-corrected chi connectivity index (χ3v) is 5.06. The SMILES string of the molecule is CCOC(=O)C(C#N)C(CCOC1CCCCO1)c1ccc(Cl)c(Cl)c1. The van der Waals surface area contributed by atoms with E-state index in [1.54, 1.807) is 25.1 Å². The number of nitrogens with zero attached hydrogens (tertiary/aromatic N) is 1. The zero-order valence-corrected chi connectivity index (χ0v) is 16.3. The van der Waals surface area contributed by atoms with Crippen molar-refractivity contribution in [3.8, 4) is 6.07 Å². The van der Waals surface area contributed by atoms with E-state index in [0.29, 0.717) is 29.7 Å². The first kappa shape index (κ1) is 21.0. The maximum absolute atomic E-state index is 12.2. The van der Waals surface area contributed by atoms with Gasteiger partial charge in [0.2, 0.25) is 0 Å². The molecular weight excluding hydrogens is 377 g/mol. The minimum absolute atomic E-state index is 0.220. The highest BCUT2D eigenvalue weighted by atomic mass is 35.5. The summed E-state index contributed by atoms with van der Waals surface area (Å²) in [6, 6.07) is 7.20. The first-order chi connectivity index (χ1) is 12.6. The van der Waals surface area contributed by atoms with Gasteiger partial charge in [0.25, 0.3) is 0 Å². The van der Waals surface area contributed by atoms with E-state index in [9.17, 15) is 10.1 Å². The van der Waals surface area contributed by atoms with E-state index in [0.717, 1.165) is 24.8 Å². The molecule has 7 heteroatoms. The summed E-state index contributed by atoms with van der Waals surface area (Å²) in [5.41, 5.74) is 0.757. The molecule has 1 aromatic rings. The van der Waals surface area contributed by atoms with E-state index in [2.05, 4.69) is 6.07 Å². The molecule has 0 spiro atoms. The maximum Gasteiger partial charge on any atom is 0.323 e. The number of esters is 1. The van der Waals surface area contributed by atoms with Crippen molar-refractivity contribution in [2.24, 2.45) is 5.92 Å². The van der Waals surface area contributed by atoms with Crippen molar-refractivity contribution < 1.29 is 19.0 Å². The summed E-state index contributed by atoms with van der Waals surface area (Å²) in [6.07, 6.45) is 3.22.